The monoisotopic (exact) mass is 408 g/mol. The third kappa shape index (κ3) is 4.33. The van der Waals surface area contributed by atoms with Crippen molar-refractivity contribution in [2.75, 3.05) is 13.2 Å². The average Bonchev–Trinajstić information content (AvgIpc) is 2.70. The molecule has 1 aliphatic heterocycles. The smallest absolute Gasteiger partial charge is 0.119 e. The van der Waals surface area contributed by atoms with E-state index in [1.807, 2.05) is 37.3 Å². The first-order chi connectivity index (χ1) is 13.5. The fourth-order valence-corrected chi connectivity index (χ4v) is 3.71. The van der Waals surface area contributed by atoms with Crippen LogP contribution >= 0.6 is 11.6 Å². The van der Waals surface area contributed by atoms with E-state index in [-0.39, 0.29) is 0 Å². The van der Waals surface area contributed by atoms with Gasteiger partial charge in [0.1, 0.15) is 36.3 Å². The molecule has 5 atom stereocenters. The first kappa shape index (κ1) is 21.0. The Morgan fingerprint density at radius 2 is 1.71 bits per heavy atom. The fraction of sp³-hybridized carbons (Fsp3) is 0.429. The van der Waals surface area contributed by atoms with Crippen LogP contribution in [0.25, 0.3) is 0 Å². The molecule has 2 aromatic carbocycles. The molecule has 2 aromatic rings. The van der Waals surface area contributed by atoms with E-state index in [9.17, 15) is 20.4 Å². The van der Waals surface area contributed by atoms with E-state index in [1.54, 1.807) is 12.1 Å². The van der Waals surface area contributed by atoms with Gasteiger partial charge in [-0.25, -0.2) is 0 Å². The minimum Gasteiger partial charge on any atom is -0.494 e. The third-order valence-corrected chi connectivity index (χ3v) is 5.40. The second-order valence-corrected chi connectivity index (χ2v) is 7.20. The van der Waals surface area contributed by atoms with Gasteiger partial charge in [0.15, 0.2) is 0 Å². The summed E-state index contributed by atoms with van der Waals surface area (Å²) < 4.78 is 11.1. The summed E-state index contributed by atoms with van der Waals surface area (Å²) in [6, 6.07) is 13.1. The van der Waals surface area contributed by atoms with E-state index >= 15 is 0 Å². The van der Waals surface area contributed by atoms with Crippen molar-refractivity contribution >= 4 is 11.6 Å². The molecule has 0 aliphatic carbocycles. The van der Waals surface area contributed by atoms with Crippen LogP contribution in [0.5, 0.6) is 5.75 Å². The second-order valence-electron chi connectivity index (χ2n) is 6.82. The van der Waals surface area contributed by atoms with Crippen molar-refractivity contribution in [1.29, 1.82) is 0 Å². The number of hydrogen-bond acceptors (Lipinski definition) is 6. The number of benzene rings is 2. The predicted molar refractivity (Wildman–Crippen MR) is 105 cm³/mol. The number of rotatable bonds is 6. The molecule has 1 fully saturated rings. The molecule has 0 spiro atoms. The van der Waals surface area contributed by atoms with E-state index in [0.717, 1.165) is 16.9 Å². The van der Waals surface area contributed by atoms with Gasteiger partial charge in [0.2, 0.25) is 0 Å². The average molecular weight is 409 g/mol. The number of hydrogen-bond donors (Lipinski definition) is 4. The molecule has 0 unspecified atom stereocenters. The summed E-state index contributed by atoms with van der Waals surface area (Å²) in [5.41, 5.74) is 2.37. The van der Waals surface area contributed by atoms with Gasteiger partial charge in [-0.15, -0.1) is 0 Å². The standard InChI is InChI=1S/C21H25ClO6/c1-2-27-14-8-6-12(7-9-14)10-13-4-3-5-15(17(13)22)21-20(26)19(25)18(24)16(11-23)28-21/h3-9,16,18-21,23-26H,2,10-11H2,1H3/t16-,18-,19+,20-,21+/m1/s1. The highest BCUT2D eigenvalue weighted by Crippen LogP contribution is 2.37. The lowest BCUT2D eigenvalue weighted by Crippen LogP contribution is -2.55. The Balaban J connectivity index is 1.84. The Labute approximate surface area is 168 Å². The summed E-state index contributed by atoms with van der Waals surface area (Å²) in [7, 11) is 0. The molecule has 7 heteroatoms. The van der Waals surface area contributed by atoms with Crippen molar-refractivity contribution in [3.63, 3.8) is 0 Å². The SMILES string of the molecule is CCOc1ccc(Cc2cccc([C@@H]3O[C@H](CO)[C@@H](O)[C@H](O)[C@H]3O)c2Cl)cc1. The number of ether oxygens (including phenoxy) is 2. The van der Waals surface area contributed by atoms with Crippen LogP contribution in [0.1, 0.15) is 29.7 Å². The van der Waals surface area contributed by atoms with Crippen LogP contribution in [0.2, 0.25) is 5.02 Å². The highest BCUT2D eigenvalue weighted by atomic mass is 35.5. The number of aliphatic hydroxyl groups is 4. The fourth-order valence-electron chi connectivity index (χ4n) is 3.40. The van der Waals surface area contributed by atoms with Crippen LogP contribution in [0.3, 0.4) is 0 Å². The van der Waals surface area contributed by atoms with Crippen molar-refractivity contribution in [2.45, 2.75) is 43.9 Å². The molecular weight excluding hydrogens is 384 g/mol. The van der Waals surface area contributed by atoms with Gasteiger partial charge in [0.25, 0.3) is 0 Å². The van der Waals surface area contributed by atoms with Crippen LogP contribution in [0.15, 0.2) is 42.5 Å². The van der Waals surface area contributed by atoms with Gasteiger partial charge in [-0.1, -0.05) is 41.9 Å². The van der Waals surface area contributed by atoms with Crippen molar-refractivity contribution < 1.29 is 29.9 Å². The zero-order chi connectivity index (χ0) is 20.3. The number of aliphatic hydroxyl groups excluding tert-OH is 4. The molecule has 3 rings (SSSR count). The molecule has 28 heavy (non-hydrogen) atoms. The lowest BCUT2D eigenvalue weighted by atomic mass is 9.90. The summed E-state index contributed by atoms with van der Waals surface area (Å²) in [5, 5.41) is 40.2. The van der Waals surface area contributed by atoms with Crippen molar-refractivity contribution in [2.24, 2.45) is 0 Å². The van der Waals surface area contributed by atoms with Crippen LogP contribution in [0, 0.1) is 0 Å². The van der Waals surface area contributed by atoms with E-state index < -0.39 is 37.1 Å². The minimum absolute atomic E-state index is 0.417. The van der Waals surface area contributed by atoms with Crippen LogP contribution < -0.4 is 4.74 Å². The van der Waals surface area contributed by atoms with E-state index in [4.69, 9.17) is 21.1 Å². The minimum atomic E-state index is -1.44. The predicted octanol–water partition coefficient (Wildman–Crippen LogP) is 1.84. The Morgan fingerprint density at radius 3 is 2.36 bits per heavy atom. The van der Waals surface area contributed by atoms with E-state index in [1.165, 1.54) is 0 Å². The highest BCUT2D eigenvalue weighted by molar-refractivity contribution is 6.32. The third-order valence-electron chi connectivity index (χ3n) is 4.94. The molecule has 1 aliphatic rings. The second kappa shape index (κ2) is 9.22. The van der Waals surface area contributed by atoms with Gasteiger partial charge in [0, 0.05) is 10.6 Å². The zero-order valence-electron chi connectivity index (χ0n) is 15.5. The Morgan fingerprint density at radius 1 is 1.00 bits per heavy atom. The van der Waals surface area contributed by atoms with E-state index in [2.05, 4.69) is 0 Å². The zero-order valence-corrected chi connectivity index (χ0v) is 16.3. The van der Waals surface area contributed by atoms with Gasteiger partial charge in [-0.05, 0) is 36.6 Å². The number of halogens is 1. The molecule has 0 radical (unpaired) electrons. The first-order valence-electron chi connectivity index (χ1n) is 9.25. The van der Waals surface area contributed by atoms with Gasteiger partial charge in [-0.3, -0.25) is 0 Å². The van der Waals surface area contributed by atoms with Gasteiger partial charge >= 0.3 is 0 Å². The summed E-state index contributed by atoms with van der Waals surface area (Å²) >= 11 is 6.59. The Bertz CT molecular complexity index is 779. The van der Waals surface area contributed by atoms with Crippen LogP contribution in [0.4, 0.5) is 0 Å². The Kier molecular flexibility index (Phi) is 6.93. The molecule has 0 saturated carbocycles. The molecule has 4 N–H and O–H groups in total. The summed E-state index contributed by atoms with van der Waals surface area (Å²) in [5.74, 6) is 0.799. The van der Waals surface area contributed by atoms with Gasteiger partial charge in [0.05, 0.1) is 13.2 Å². The lowest BCUT2D eigenvalue weighted by Gasteiger charge is -2.40. The lowest BCUT2D eigenvalue weighted by molar-refractivity contribution is -0.231. The summed E-state index contributed by atoms with van der Waals surface area (Å²) in [6.45, 7) is 2.05. The first-order valence-corrected chi connectivity index (χ1v) is 9.63. The van der Waals surface area contributed by atoms with E-state index in [0.29, 0.717) is 23.6 Å². The highest BCUT2D eigenvalue weighted by Gasteiger charge is 2.44. The normalized spacial score (nSPS) is 27.6. The maximum Gasteiger partial charge on any atom is 0.119 e. The molecule has 152 valence electrons. The van der Waals surface area contributed by atoms with Crippen molar-refractivity contribution in [3.05, 3.63) is 64.2 Å². The quantitative estimate of drug-likeness (QED) is 0.582. The molecule has 0 bridgehead atoms. The molecule has 1 saturated heterocycles. The summed E-state index contributed by atoms with van der Waals surface area (Å²) in [4.78, 5) is 0. The maximum absolute atomic E-state index is 10.4. The summed E-state index contributed by atoms with van der Waals surface area (Å²) in [6.07, 6.45) is -5.58. The van der Waals surface area contributed by atoms with Gasteiger partial charge in [-0.2, -0.15) is 0 Å². The maximum atomic E-state index is 10.4. The van der Waals surface area contributed by atoms with Crippen LogP contribution in [-0.4, -0.2) is 58.1 Å². The van der Waals surface area contributed by atoms with Gasteiger partial charge < -0.3 is 29.9 Å². The van der Waals surface area contributed by atoms with Crippen molar-refractivity contribution in [1.82, 2.24) is 0 Å². The Hall–Kier alpha value is -1.67. The van der Waals surface area contributed by atoms with Crippen molar-refractivity contribution in [3.8, 4) is 5.75 Å². The molecular formula is C21H25ClO6. The molecule has 0 aromatic heterocycles. The van der Waals surface area contributed by atoms with Crippen LogP contribution in [-0.2, 0) is 11.2 Å². The molecule has 0 amide bonds. The molecule has 6 nitrogen and oxygen atoms in total. The topological polar surface area (TPSA) is 99.4 Å². The molecule has 1 heterocycles. The largest absolute Gasteiger partial charge is 0.494 e.